The van der Waals surface area contributed by atoms with Crippen molar-refractivity contribution in [2.24, 2.45) is 0 Å². The molecule has 1 unspecified atom stereocenters. The Bertz CT molecular complexity index is 564. The fraction of sp³-hybridized carbons (Fsp3) is 0.905. The van der Waals surface area contributed by atoms with Gasteiger partial charge in [-0.05, 0) is 38.5 Å². The van der Waals surface area contributed by atoms with Crippen LogP contribution in [0.5, 0.6) is 0 Å². The molecule has 1 aliphatic carbocycles. The molecule has 1 saturated carbocycles. The second-order valence-electron chi connectivity index (χ2n) is 8.94. The highest BCUT2D eigenvalue weighted by atomic mass is 16.6. The summed E-state index contributed by atoms with van der Waals surface area (Å²) in [6.45, 7) is 6.26. The van der Waals surface area contributed by atoms with Gasteiger partial charge in [0.25, 0.3) is 0 Å². The van der Waals surface area contributed by atoms with Crippen molar-refractivity contribution in [3.63, 3.8) is 0 Å². The van der Waals surface area contributed by atoms with Crippen molar-refractivity contribution in [2.45, 2.75) is 88.9 Å². The van der Waals surface area contributed by atoms with Crippen LogP contribution >= 0.6 is 0 Å². The van der Waals surface area contributed by atoms with Crippen LogP contribution in [0.1, 0.15) is 64.7 Å². The Balaban J connectivity index is 1.25. The number of unbranched alkanes of at least 4 members (excludes halogenated alkanes) is 1. The van der Waals surface area contributed by atoms with Crippen LogP contribution in [0.15, 0.2) is 0 Å². The first-order valence-electron chi connectivity index (χ1n) is 11.4. The third-order valence-corrected chi connectivity index (χ3v) is 7.18. The number of nitrogens with zero attached hydrogens (tertiary/aromatic N) is 3. The molecule has 4 rings (SSSR count). The molecule has 0 radical (unpaired) electrons. The van der Waals surface area contributed by atoms with Gasteiger partial charge in [0.1, 0.15) is 0 Å². The number of hydrogen-bond donors (Lipinski definition) is 1. The van der Waals surface area contributed by atoms with Crippen LogP contribution in [0, 0.1) is 0 Å². The van der Waals surface area contributed by atoms with E-state index in [2.05, 4.69) is 22.0 Å². The van der Waals surface area contributed by atoms with Gasteiger partial charge >= 0.3 is 12.1 Å². The molecule has 7 heteroatoms. The SMILES string of the molecule is CCCCOC(=O)N1CCC(N2CCC(N3C(=O)N[C@@H]4CCCC[C@H]43)CC2)C1. The Morgan fingerprint density at radius 3 is 2.61 bits per heavy atom. The predicted molar refractivity (Wildman–Crippen MR) is 107 cm³/mol. The van der Waals surface area contributed by atoms with E-state index in [1.807, 2.05) is 4.90 Å². The van der Waals surface area contributed by atoms with Gasteiger partial charge in [0.15, 0.2) is 0 Å². The van der Waals surface area contributed by atoms with Crippen molar-refractivity contribution >= 4 is 12.1 Å². The van der Waals surface area contributed by atoms with Crippen molar-refractivity contribution in [1.82, 2.24) is 20.0 Å². The number of carbonyl (C=O) groups is 2. The Morgan fingerprint density at radius 1 is 1.07 bits per heavy atom. The molecule has 0 bridgehead atoms. The lowest BCUT2D eigenvalue weighted by Crippen LogP contribution is -2.52. The summed E-state index contributed by atoms with van der Waals surface area (Å²) in [6, 6.07) is 1.77. The van der Waals surface area contributed by atoms with Gasteiger partial charge in [-0.25, -0.2) is 9.59 Å². The molecule has 0 aromatic rings. The second-order valence-corrected chi connectivity index (χ2v) is 8.94. The third-order valence-electron chi connectivity index (χ3n) is 7.18. The van der Waals surface area contributed by atoms with E-state index < -0.39 is 0 Å². The number of ether oxygens (including phenoxy) is 1. The number of fused-ring (bicyclic) bond motifs is 1. The molecule has 3 aliphatic heterocycles. The molecule has 3 heterocycles. The average molecular weight is 393 g/mol. The minimum atomic E-state index is -0.150. The molecule has 0 aromatic carbocycles. The van der Waals surface area contributed by atoms with E-state index >= 15 is 0 Å². The Kier molecular flexibility index (Phi) is 6.28. The van der Waals surface area contributed by atoms with Crippen molar-refractivity contribution in [2.75, 3.05) is 32.8 Å². The van der Waals surface area contributed by atoms with Gasteiger partial charge < -0.3 is 19.9 Å². The average Bonchev–Trinajstić information content (AvgIpc) is 3.32. The first-order chi connectivity index (χ1) is 13.7. The van der Waals surface area contributed by atoms with Gasteiger partial charge in [-0.3, -0.25) is 4.90 Å². The van der Waals surface area contributed by atoms with Gasteiger partial charge in [0.05, 0.1) is 18.7 Å². The first kappa shape index (κ1) is 19.8. The van der Waals surface area contributed by atoms with Gasteiger partial charge in [0, 0.05) is 38.3 Å². The van der Waals surface area contributed by atoms with Crippen molar-refractivity contribution in [1.29, 1.82) is 0 Å². The van der Waals surface area contributed by atoms with Crippen LogP contribution in [0.25, 0.3) is 0 Å². The predicted octanol–water partition coefficient (Wildman–Crippen LogP) is 2.80. The summed E-state index contributed by atoms with van der Waals surface area (Å²) in [5.41, 5.74) is 0. The molecule has 3 amide bonds. The monoisotopic (exact) mass is 392 g/mol. The first-order valence-corrected chi connectivity index (χ1v) is 11.4. The highest BCUT2D eigenvalue weighted by molar-refractivity contribution is 5.78. The number of nitrogens with one attached hydrogen (secondary N) is 1. The van der Waals surface area contributed by atoms with E-state index in [0.717, 1.165) is 71.1 Å². The Morgan fingerprint density at radius 2 is 1.82 bits per heavy atom. The molecule has 0 spiro atoms. The van der Waals surface area contributed by atoms with Crippen LogP contribution in [-0.2, 0) is 4.74 Å². The summed E-state index contributed by atoms with van der Waals surface area (Å²) in [4.78, 5) is 31.3. The van der Waals surface area contributed by atoms with Gasteiger partial charge in [-0.1, -0.05) is 26.2 Å². The van der Waals surface area contributed by atoms with E-state index in [1.165, 1.54) is 12.8 Å². The lowest BCUT2D eigenvalue weighted by atomic mass is 9.89. The molecule has 3 saturated heterocycles. The van der Waals surface area contributed by atoms with E-state index in [0.29, 0.717) is 30.8 Å². The number of urea groups is 1. The maximum Gasteiger partial charge on any atom is 0.409 e. The Labute approximate surface area is 168 Å². The van der Waals surface area contributed by atoms with Crippen molar-refractivity contribution < 1.29 is 14.3 Å². The number of likely N-dealkylation sites (tertiary alicyclic amines) is 2. The number of piperidine rings is 1. The quantitative estimate of drug-likeness (QED) is 0.731. The fourth-order valence-electron chi connectivity index (χ4n) is 5.56. The highest BCUT2D eigenvalue weighted by Crippen LogP contribution is 2.33. The van der Waals surface area contributed by atoms with E-state index in [1.54, 1.807) is 0 Å². The zero-order chi connectivity index (χ0) is 19.5. The van der Waals surface area contributed by atoms with E-state index in [4.69, 9.17) is 4.74 Å². The maximum atomic E-state index is 12.5. The molecule has 4 fully saturated rings. The van der Waals surface area contributed by atoms with Crippen LogP contribution in [0.3, 0.4) is 0 Å². The van der Waals surface area contributed by atoms with Crippen LogP contribution in [-0.4, -0.2) is 83.8 Å². The number of hydrogen-bond acceptors (Lipinski definition) is 4. The minimum absolute atomic E-state index is 0.150. The lowest BCUT2D eigenvalue weighted by Gasteiger charge is -2.41. The number of amides is 3. The number of carbonyl (C=O) groups excluding carboxylic acids is 2. The zero-order valence-corrected chi connectivity index (χ0v) is 17.3. The van der Waals surface area contributed by atoms with Crippen LogP contribution < -0.4 is 5.32 Å². The lowest BCUT2D eigenvalue weighted by molar-refractivity contribution is 0.0787. The molecular formula is C21H36N4O3. The molecule has 7 nitrogen and oxygen atoms in total. The summed E-state index contributed by atoms with van der Waals surface area (Å²) >= 11 is 0. The van der Waals surface area contributed by atoms with Crippen molar-refractivity contribution in [3.05, 3.63) is 0 Å². The molecule has 3 atom stereocenters. The molecular weight excluding hydrogens is 356 g/mol. The molecule has 28 heavy (non-hydrogen) atoms. The van der Waals surface area contributed by atoms with Gasteiger partial charge in [0.2, 0.25) is 0 Å². The summed E-state index contributed by atoms with van der Waals surface area (Å²) < 4.78 is 5.37. The van der Waals surface area contributed by atoms with E-state index in [-0.39, 0.29) is 12.1 Å². The topological polar surface area (TPSA) is 65.1 Å². The van der Waals surface area contributed by atoms with Crippen LogP contribution in [0.4, 0.5) is 9.59 Å². The van der Waals surface area contributed by atoms with Crippen LogP contribution in [0.2, 0.25) is 0 Å². The summed E-state index contributed by atoms with van der Waals surface area (Å²) in [5.74, 6) is 0. The molecule has 0 aromatic heterocycles. The summed E-state index contributed by atoms with van der Waals surface area (Å²) in [5, 5.41) is 3.22. The standard InChI is InChI=1S/C21H36N4O3/c1-2-3-14-28-21(27)24-13-10-17(15-24)23-11-8-16(9-12-23)25-19-7-5-4-6-18(19)22-20(25)26/h16-19H,2-15H2,1H3,(H,22,26)/t17?,18-,19-/m1/s1. The molecule has 158 valence electrons. The third kappa shape index (κ3) is 4.09. The zero-order valence-electron chi connectivity index (χ0n) is 17.3. The molecule has 4 aliphatic rings. The fourth-order valence-corrected chi connectivity index (χ4v) is 5.56. The minimum Gasteiger partial charge on any atom is -0.449 e. The maximum absolute atomic E-state index is 12.5. The smallest absolute Gasteiger partial charge is 0.409 e. The summed E-state index contributed by atoms with van der Waals surface area (Å²) in [7, 11) is 0. The number of rotatable bonds is 5. The highest BCUT2D eigenvalue weighted by Gasteiger charge is 2.44. The normalized spacial score (nSPS) is 31.8. The van der Waals surface area contributed by atoms with E-state index in [9.17, 15) is 9.59 Å². The Hall–Kier alpha value is -1.50. The van der Waals surface area contributed by atoms with Crippen molar-refractivity contribution in [3.8, 4) is 0 Å². The molecule has 1 N–H and O–H groups in total. The summed E-state index contributed by atoms with van der Waals surface area (Å²) in [6.07, 6.45) is 9.74. The largest absolute Gasteiger partial charge is 0.449 e. The van der Waals surface area contributed by atoms with Gasteiger partial charge in [-0.2, -0.15) is 0 Å². The van der Waals surface area contributed by atoms with Gasteiger partial charge in [-0.15, -0.1) is 0 Å². The second kappa shape index (κ2) is 8.89.